The second-order valence-corrected chi connectivity index (χ2v) is 5.61. The number of para-hydroxylation sites is 2. The van der Waals surface area contributed by atoms with Crippen LogP contribution in [-0.4, -0.2) is 6.17 Å². The summed E-state index contributed by atoms with van der Waals surface area (Å²) < 4.78 is 0. The van der Waals surface area contributed by atoms with Crippen LogP contribution < -0.4 is 10.6 Å². The van der Waals surface area contributed by atoms with Gasteiger partial charge in [-0.1, -0.05) is 66.7 Å². The van der Waals surface area contributed by atoms with E-state index in [0.29, 0.717) is 0 Å². The molecule has 0 fully saturated rings. The average Bonchev–Trinajstić information content (AvgIpc) is 2.98. The number of hydrogen-bond donors (Lipinski definition) is 2. The van der Waals surface area contributed by atoms with Gasteiger partial charge in [-0.2, -0.15) is 0 Å². The molecule has 22 heavy (non-hydrogen) atoms. The topological polar surface area (TPSA) is 24.1 Å². The summed E-state index contributed by atoms with van der Waals surface area (Å²) in [5.74, 6) is 0. The lowest BCUT2D eigenvalue weighted by molar-refractivity contribution is 0.856. The van der Waals surface area contributed by atoms with Crippen LogP contribution in [0.4, 0.5) is 11.4 Å². The molecule has 0 aromatic heterocycles. The largest absolute Gasteiger partial charge is 0.365 e. The smallest absolute Gasteiger partial charge is 0.101 e. The van der Waals surface area contributed by atoms with Gasteiger partial charge in [0.1, 0.15) is 6.17 Å². The highest BCUT2D eigenvalue weighted by atomic mass is 15.1. The number of benzene rings is 3. The van der Waals surface area contributed by atoms with Gasteiger partial charge < -0.3 is 10.6 Å². The van der Waals surface area contributed by atoms with E-state index in [0.717, 1.165) is 6.42 Å². The van der Waals surface area contributed by atoms with Gasteiger partial charge in [0.25, 0.3) is 0 Å². The zero-order valence-electron chi connectivity index (χ0n) is 12.3. The predicted octanol–water partition coefficient (Wildman–Crippen LogP) is 4.76. The highest BCUT2D eigenvalue weighted by molar-refractivity contribution is 5.78. The normalized spacial score (nSPS) is 15.9. The Labute approximate surface area is 130 Å². The molecule has 2 N–H and O–H groups in total. The number of rotatable bonds is 3. The Balaban J connectivity index is 1.60. The van der Waals surface area contributed by atoms with Crippen molar-refractivity contribution < 1.29 is 0 Å². The van der Waals surface area contributed by atoms with Crippen molar-refractivity contribution in [3.63, 3.8) is 0 Å². The van der Waals surface area contributed by atoms with Crippen LogP contribution in [0.2, 0.25) is 0 Å². The standard InChI is InChI=1S/C20H18N2/c1-2-8-15(9-3-1)17-11-5-7-13-19(17)22-20-14-16-10-4-6-12-18(16)21-20/h1-13,20-22H,14H2. The maximum atomic E-state index is 3.64. The average molecular weight is 286 g/mol. The molecule has 4 rings (SSSR count). The third-order valence-corrected chi connectivity index (χ3v) is 4.11. The van der Waals surface area contributed by atoms with Gasteiger partial charge >= 0.3 is 0 Å². The van der Waals surface area contributed by atoms with Gasteiger partial charge in [-0.05, 0) is 23.3 Å². The van der Waals surface area contributed by atoms with E-state index in [1.807, 2.05) is 0 Å². The van der Waals surface area contributed by atoms with E-state index >= 15 is 0 Å². The summed E-state index contributed by atoms with van der Waals surface area (Å²) in [6, 6.07) is 27.5. The van der Waals surface area contributed by atoms with Crippen molar-refractivity contribution in [2.45, 2.75) is 12.6 Å². The zero-order valence-corrected chi connectivity index (χ0v) is 12.3. The lowest BCUT2D eigenvalue weighted by Gasteiger charge is -2.18. The number of nitrogens with one attached hydrogen (secondary N) is 2. The molecule has 0 spiro atoms. The first-order chi connectivity index (χ1) is 10.9. The van der Waals surface area contributed by atoms with Crippen LogP contribution in [0.15, 0.2) is 78.9 Å². The van der Waals surface area contributed by atoms with Crippen molar-refractivity contribution in [3.8, 4) is 11.1 Å². The molecule has 0 bridgehead atoms. The summed E-state index contributed by atoms with van der Waals surface area (Å²) in [5, 5.41) is 7.19. The minimum Gasteiger partial charge on any atom is -0.365 e. The quantitative estimate of drug-likeness (QED) is 0.725. The molecule has 1 aliphatic heterocycles. The fourth-order valence-corrected chi connectivity index (χ4v) is 3.05. The summed E-state index contributed by atoms with van der Waals surface area (Å²) >= 11 is 0. The van der Waals surface area contributed by atoms with E-state index in [1.165, 1.54) is 28.1 Å². The maximum Gasteiger partial charge on any atom is 0.101 e. The van der Waals surface area contributed by atoms with Gasteiger partial charge in [-0.15, -0.1) is 0 Å². The lowest BCUT2D eigenvalue weighted by atomic mass is 10.0. The van der Waals surface area contributed by atoms with Crippen molar-refractivity contribution in [1.82, 2.24) is 0 Å². The zero-order chi connectivity index (χ0) is 14.8. The van der Waals surface area contributed by atoms with E-state index in [-0.39, 0.29) is 6.17 Å². The van der Waals surface area contributed by atoms with Crippen molar-refractivity contribution in [2.75, 3.05) is 10.6 Å². The second kappa shape index (κ2) is 5.57. The highest BCUT2D eigenvalue weighted by Gasteiger charge is 2.20. The van der Waals surface area contributed by atoms with Crippen LogP contribution in [0.1, 0.15) is 5.56 Å². The lowest BCUT2D eigenvalue weighted by Crippen LogP contribution is -2.25. The van der Waals surface area contributed by atoms with E-state index in [4.69, 9.17) is 0 Å². The summed E-state index contributed by atoms with van der Waals surface area (Å²) in [4.78, 5) is 0. The van der Waals surface area contributed by atoms with E-state index in [1.54, 1.807) is 0 Å². The van der Waals surface area contributed by atoms with Crippen molar-refractivity contribution >= 4 is 11.4 Å². The Morgan fingerprint density at radius 2 is 1.50 bits per heavy atom. The number of hydrogen-bond acceptors (Lipinski definition) is 2. The molecule has 0 amide bonds. The number of fused-ring (bicyclic) bond motifs is 1. The molecule has 2 nitrogen and oxygen atoms in total. The fraction of sp³-hybridized carbons (Fsp3) is 0.100. The third kappa shape index (κ3) is 2.44. The molecule has 0 saturated heterocycles. The molecule has 1 heterocycles. The molecule has 0 radical (unpaired) electrons. The summed E-state index contributed by atoms with van der Waals surface area (Å²) in [5.41, 5.74) is 6.25. The number of anilines is 2. The van der Waals surface area contributed by atoms with Gasteiger partial charge in [0.2, 0.25) is 0 Å². The maximum absolute atomic E-state index is 3.64. The minimum absolute atomic E-state index is 0.238. The van der Waals surface area contributed by atoms with Crippen LogP contribution in [0.3, 0.4) is 0 Å². The third-order valence-electron chi connectivity index (χ3n) is 4.11. The van der Waals surface area contributed by atoms with Crippen LogP contribution >= 0.6 is 0 Å². The monoisotopic (exact) mass is 286 g/mol. The van der Waals surface area contributed by atoms with E-state index in [2.05, 4.69) is 89.5 Å². The Morgan fingerprint density at radius 1 is 0.773 bits per heavy atom. The highest BCUT2D eigenvalue weighted by Crippen LogP contribution is 2.31. The van der Waals surface area contributed by atoms with Crippen molar-refractivity contribution in [3.05, 3.63) is 84.4 Å². The molecule has 1 aliphatic rings. The summed E-state index contributed by atoms with van der Waals surface area (Å²) in [6.45, 7) is 0. The Hall–Kier alpha value is -2.74. The molecule has 1 unspecified atom stereocenters. The second-order valence-electron chi connectivity index (χ2n) is 5.61. The summed E-state index contributed by atoms with van der Waals surface area (Å²) in [6.07, 6.45) is 1.24. The molecule has 0 aliphatic carbocycles. The first-order valence-electron chi connectivity index (χ1n) is 7.65. The molecule has 108 valence electrons. The molecule has 0 saturated carbocycles. The van der Waals surface area contributed by atoms with Crippen molar-refractivity contribution in [2.24, 2.45) is 0 Å². The Bertz CT molecular complexity index is 755. The van der Waals surface area contributed by atoms with Crippen LogP contribution in [0, 0.1) is 0 Å². The Morgan fingerprint density at radius 3 is 2.36 bits per heavy atom. The first-order valence-corrected chi connectivity index (χ1v) is 7.65. The van der Waals surface area contributed by atoms with Crippen LogP contribution in [0.25, 0.3) is 11.1 Å². The van der Waals surface area contributed by atoms with Gasteiger partial charge in [-0.25, -0.2) is 0 Å². The van der Waals surface area contributed by atoms with E-state index in [9.17, 15) is 0 Å². The Kier molecular flexibility index (Phi) is 3.28. The SMILES string of the molecule is c1ccc(-c2ccccc2NC2Cc3ccccc3N2)cc1. The van der Waals surface area contributed by atoms with Crippen molar-refractivity contribution in [1.29, 1.82) is 0 Å². The molecule has 3 aromatic carbocycles. The van der Waals surface area contributed by atoms with Gasteiger partial charge in [0, 0.05) is 23.4 Å². The minimum atomic E-state index is 0.238. The molecule has 3 aromatic rings. The predicted molar refractivity (Wildman–Crippen MR) is 93.1 cm³/mol. The van der Waals surface area contributed by atoms with Gasteiger partial charge in [-0.3, -0.25) is 0 Å². The fourth-order valence-electron chi connectivity index (χ4n) is 3.05. The molecular weight excluding hydrogens is 268 g/mol. The summed E-state index contributed by atoms with van der Waals surface area (Å²) in [7, 11) is 0. The first kappa shape index (κ1) is 13.0. The van der Waals surface area contributed by atoms with Gasteiger partial charge in [0.05, 0.1) is 0 Å². The van der Waals surface area contributed by atoms with Crippen LogP contribution in [-0.2, 0) is 6.42 Å². The molecular formula is C20H18N2. The molecule has 1 atom stereocenters. The van der Waals surface area contributed by atoms with E-state index < -0.39 is 0 Å². The van der Waals surface area contributed by atoms with Gasteiger partial charge in [0.15, 0.2) is 0 Å². The molecule has 2 heteroatoms. The van der Waals surface area contributed by atoms with Crippen LogP contribution in [0.5, 0.6) is 0 Å².